The molecule has 0 bridgehead atoms. The molecular formula is C30H29BrN6O4S. The topological polar surface area (TPSA) is 132 Å². The van der Waals surface area contributed by atoms with Gasteiger partial charge in [0.2, 0.25) is 10.0 Å². The fourth-order valence-electron chi connectivity index (χ4n) is 5.45. The van der Waals surface area contributed by atoms with Crippen molar-refractivity contribution in [2.45, 2.75) is 25.2 Å². The third kappa shape index (κ3) is 5.38. The van der Waals surface area contributed by atoms with E-state index in [9.17, 15) is 13.2 Å². The first kappa shape index (κ1) is 28.3. The second-order valence-corrected chi connectivity index (χ2v) is 12.7. The van der Waals surface area contributed by atoms with Crippen molar-refractivity contribution in [3.8, 4) is 5.69 Å². The average molecular weight is 650 g/mol. The highest BCUT2D eigenvalue weighted by atomic mass is 79.9. The molecule has 0 atom stereocenters. The minimum absolute atomic E-state index is 0.00438. The van der Waals surface area contributed by atoms with Crippen LogP contribution >= 0.6 is 15.9 Å². The number of rotatable bonds is 6. The van der Waals surface area contributed by atoms with E-state index in [4.69, 9.17) is 14.9 Å². The van der Waals surface area contributed by atoms with Crippen molar-refractivity contribution >= 4 is 54.6 Å². The lowest BCUT2D eigenvalue weighted by atomic mass is 10.1. The lowest BCUT2D eigenvalue weighted by molar-refractivity contribution is 0.0303. The van der Waals surface area contributed by atoms with Gasteiger partial charge in [0.25, 0.3) is 5.91 Å². The number of aromatic nitrogens is 2. The van der Waals surface area contributed by atoms with Crippen LogP contribution in [-0.4, -0.2) is 60.8 Å². The number of nitrogens with zero attached hydrogens (tertiary/aromatic N) is 4. The number of nitrogens with two attached hydrogens (primary N) is 1. The Bertz CT molecular complexity index is 1860. The van der Waals surface area contributed by atoms with Gasteiger partial charge in [-0.3, -0.25) is 9.78 Å². The van der Waals surface area contributed by atoms with E-state index < -0.39 is 10.0 Å². The van der Waals surface area contributed by atoms with Gasteiger partial charge in [-0.2, -0.15) is 0 Å². The van der Waals surface area contributed by atoms with Crippen molar-refractivity contribution in [1.82, 2.24) is 14.5 Å². The van der Waals surface area contributed by atoms with Crippen LogP contribution in [0, 0.1) is 13.8 Å². The van der Waals surface area contributed by atoms with Crippen LogP contribution in [0.3, 0.4) is 0 Å². The number of amides is 1. The van der Waals surface area contributed by atoms with Crippen LogP contribution in [0.2, 0.25) is 0 Å². The molecule has 0 spiro atoms. The molecule has 2 aromatic carbocycles. The van der Waals surface area contributed by atoms with E-state index in [2.05, 4.69) is 36.9 Å². The van der Waals surface area contributed by atoms with Gasteiger partial charge in [-0.15, -0.1) is 0 Å². The number of hydrogen-bond acceptors (Lipinski definition) is 7. The normalized spacial score (nSPS) is 15.0. The monoisotopic (exact) mass is 648 g/mol. The molecule has 216 valence electrons. The summed E-state index contributed by atoms with van der Waals surface area (Å²) in [7, 11) is -3.85. The first-order valence-electron chi connectivity index (χ1n) is 13.4. The van der Waals surface area contributed by atoms with Crippen molar-refractivity contribution in [3.05, 3.63) is 93.5 Å². The predicted molar refractivity (Wildman–Crippen MR) is 165 cm³/mol. The van der Waals surface area contributed by atoms with Crippen LogP contribution in [0.25, 0.3) is 5.69 Å². The van der Waals surface area contributed by atoms with Crippen LogP contribution in [-0.2, 0) is 21.2 Å². The molecule has 1 fully saturated rings. The molecule has 2 aliphatic heterocycles. The number of ether oxygens (including phenoxy) is 1. The maximum atomic E-state index is 13.1. The molecule has 2 aliphatic rings. The van der Waals surface area contributed by atoms with Crippen LogP contribution in [0.1, 0.15) is 33.0 Å². The zero-order valence-electron chi connectivity index (χ0n) is 23.1. The first-order chi connectivity index (χ1) is 20.1. The van der Waals surface area contributed by atoms with E-state index in [1.54, 1.807) is 18.3 Å². The molecule has 3 N–H and O–H groups in total. The fourth-order valence-corrected chi connectivity index (χ4v) is 6.40. The fraction of sp³-hybridized carbons (Fsp3) is 0.233. The minimum Gasteiger partial charge on any atom is -0.378 e. The number of nitrogens with one attached hydrogen (secondary N) is 1. The van der Waals surface area contributed by atoms with E-state index in [-0.39, 0.29) is 10.8 Å². The molecule has 1 saturated heterocycles. The molecule has 42 heavy (non-hydrogen) atoms. The van der Waals surface area contributed by atoms with Gasteiger partial charge in [-0.25, -0.2) is 18.5 Å². The average Bonchev–Trinajstić information content (AvgIpc) is 3.54. The Morgan fingerprint density at radius 3 is 2.60 bits per heavy atom. The van der Waals surface area contributed by atoms with E-state index >= 15 is 0 Å². The zero-order chi connectivity index (χ0) is 29.6. The Morgan fingerprint density at radius 1 is 1.07 bits per heavy atom. The number of benzene rings is 2. The summed E-state index contributed by atoms with van der Waals surface area (Å²) in [6, 6.07) is 16.1. The van der Waals surface area contributed by atoms with Crippen molar-refractivity contribution in [2.24, 2.45) is 10.1 Å². The van der Waals surface area contributed by atoms with Crippen molar-refractivity contribution < 1.29 is 17.9 Å². The molecule has 1 amide bonds. The number of primary sulfonamides is 1. The predicted octanol–water partition coefficient (Wildman–Crippen LogP) is 4.79. The van der Waals surface area contributed by atoms with Gasteiger partial charge in [-0.05, 0) is 72.2 Å². The molecule has 10 nitrogen and oxygen atoms in total. The smallest absolute Gasteiger partial charge is 0.254 e. The van der Waals surface area contributed by atoms with Gasteiger partial charge >= 0.3 is 0 Å². The largest absolute Gasteiger partial charge is 0.378 e. The summed E-state index contributed by atoms with van der Waals surface area (Å²) in [4.78, 5) is 24.6. The quantitative estimate of drug-likeness (QED) is 0.309. The highest BCUT2D eigenvalue weighted by Crippen LogP contribution is 2.41. The highest BCUT2D eigenvalue weighted by Gasteiger charge is 2.26. The maximum absolute atomic E-state index is 13.1. The van der Waals surface area contributed by atoms with Crippen molar-refractivity contribution in [1.29, 1.82) is 0 Å². The second kappa shape index (κ2) is 11.1. The van der Waals surface area contributed by atoms with Gasteiger partial charge < -0.3 is 19.5 Å². The van der Waals surface area contributed by atoms with E-state index in [0.717, 1.165) is 34.0 Å². The van der Waals surface area contributed by atoms with Gasteiger partial charge in [-0.1, -0.05) is 12.1 Å². The van der Waals surface area contributed by atoms with Gasteiger partial charge in [0.1, 0.15) is 5.69 Å². The summed E-state index contributed by atoms with van der Waals surface area (Å²) in [5.74, 6) is 0.00438. The number of pyridine rings is 1. The second-order valence-electron chi connectivity index (χ2n) is 10.3. The third-order valence-electron chi connectivity index (χ3n) is 7.49. The lowest BCUT2D eigenvalue weighted by Crippen LogP contribution is -2.40. The number of aryl methyl sites for hydroxylation is 1. The molecular weight excluding hydrogens is 620 g/mol. The molecule has 0 unspecified atom stereocenters. The standard InChI is InChI=1S/C30H29BrN6O4S/c1-18-13-24(19(2)37(18)22-7-3-5-20(14-22)30(38)36-9-11-41-12-10-36)26-16-27-29(35-26)28(25(31)17-33-27)34-21-6-4-8-23(15-21)42(32,39)40/h3-8,13-15,17H,9-12,16H2,1-2H3,(H,33,34)(H2,32,39,40). The maximum Gasteiger partial charge on any atom is 0.254 e. The summed E-state index contributed by atoms with van der Waals surface area (Å²) >= 11 is 3.57. The molecule has 4 heterocycles. The summed E-state index contributed by atoms with van der Waals surface area (Å²) in [6.45, 7) is 6.38. The lowest BCUT2D eigenvalue weighted by Gasteiger charge is -2.27. The SMILES string of the molecule is Cc1cc(C2=Nc3c(ncc(Br)c3Nc3cccc(S(N)(=O)=O)c3)C2)c(C)n1-c1cccc(C(=O)N2CCOCC2)c1. The molecule has 0 radical (unpaired) electrons. The Morgan fingerprint density at radius 2 is 1.83 bits per heavy atom. The van der Waals surface area contributed by atoms with Crippen LogP contribution in [0.15, 0.2) is 75.2 Å². The molecule has 12 heteroatoms. The number of sulfonamides is 1. The molecule has 4 aromatic rings. The van der Waals surface area contributed by atoms with Crippen LogP contribution < -0.4 is 10.5 Å². The number of anilines is 2. The Kier molecular flexibility index (Phi) is 7.48. The summed E-state index contributed by atoms with van der Waals surface area (Å²) in [5.41, 5.74) is 8.17. The number of fused-ring (bicyclic) bond motifs is 1. The van der Waals surface area contributed by atoms with E-state index in [1.165, 1.54) is 12.1 Å². The highest BCUT2D eigenvalue weighted by molar-refractivity contribution is 9.10. The van der Waals surface area contributed by atoms with Crippen molar-refractivity contribution in [2.75, 3.05) is 31.6 Å². The van der Waals surface area contributed by atoms with Crippen LogP contribution in [0.5, 0.6) is 0 Å². The summed E-state index contributed by atoms with van der Waals surface area (Å²) < 4.78 is 32.0. The van der Waals surface area contributed by atoms with Gasteiger partial charge in [0.05, 0.1) is 39.7 Å². The summed E-state index contributed by atoms with van der Waals surface area (Å²) in [6.07, 6.45) is 2.25. The van der Waals surface area contributed by atoms with E-state index in [0.29, 0.717) is 59.8 Å². The first-order valence-corrected chi connectivity index (χ1v) is 15.8. The Balaban J connectivity index is 1.33. The Hall–Kier alpha value is -3.84. The van der Waals surface area contributed by atoms with Gasteiger partial charge in [0.15, 0.2) is 0 Å². The van der Waals surface area contributed by atoms with E-state index in [1.807, 2.05) is 43.0 Å². The molecule has 0 aliphatic carbocycles. The number of halogens is 1. The third-order valence-corrected chi connectivity index (χ3v) is 9.00. The Labute approximate surface area is 252 Å². The van der Waals surface area contributed by atoms with Gasteiger partial charge in [0, 0.05) is 59.6 Å². The number of hydrogen-bond donors (Lipinski definition) is 2. The molecule has 0 saturated carbocycles. The zero-order valence-corrected chi connectivity index (χ0v) is 25.5. The van der Waals surface area contributed by atoms with Crippen molar-refractivity contribution in [3.63, 3.8) is 0 Å². The summed E-state index contributed by atoms with van der Waals surface area (Å²) in [5, 5.41) is 8.62. The minimum atomic E-state index is -3.85. The number of morpholine rings is 1. The molecule has 6 rings (SSSR count). The number of carbonyl (C=O) groups is 1. The van der Waals surface area contributed by atoms with Crippen LogP contribution in [0.4, 0.5) is 17.1 Å². The molecule has 2 aromatic heterocycles. The number of aliphatic imine (C=N–C) groups is 1. The number of carbonyl (C=O) groups excluding carboxylic acids is 1.